The second-order valence-corrected chi connectivity index (χ2v) is 8.40. The third-order valence-corrected chi connectivity index (χ3v) is 6.49. The van der Waals surface area contributed by atoms with Crippen LogP contribution in [0.25, 0.3) is 21.2 Å². The van der Waals surface area contributed by atoms with Gasteiger partial charge in [0, 0.05) is 29.4 Å². The molecule has 1 saturated heterocycles. The summed E-state index contributed by atoms with van der Waals surface area (Å²) in [6.45, 7) is 1.43. The van der Waals surface area contributed by atoms with Crippen molar-refractivity contribution in [2.45, 2.75) is 18.8 Å². The van der Waals surface area contributed by atoms with Gasteiger partial charge in [-0.05, 0) is 49.2 Å². The number of piperidine rings is 1. The molecule has 4 aromatic rings. The second kappa shape index (κ2) is 6.66. The second-order valence-electron chi connectivity index (χ2n) is 6.90. The number of likely N-dealkylation sites (tertiary alicyclic amines) is 1. The Morgan fingerprint density at radius 3 is 3.00 bits per heavy atom. The molecule has 1 atom stereocenters. The van der Waals surface area contributed by atoms with E-state index in [1.54, 1.807) is 29.5 Å². The van der Waals surface area contributed by atoms with Crippen molar-refractivity contribution in [1.82, 2.24) is 9.88 Å². The van der Waals surface area contributed by atoms with Gasteiger partial charge in [-0.3, -0.25) is 4.79 Å². The van der Waals surface area contributed by atoms with Crippen LogP contribution in [-0.2, 0) is 0 Å². The first-order valence-electron chi connectivity index (χ1n) is 9.01. The van der Waals surface area contributed by atoms with Crippen molar-refractivity contribution in [1.29, 1.82) is 0 Å². The molecule has 1 fully saturated rings. The van der Waals surface area contributed by atoms with Gasteiger partial charge in [0.15, 0.2) is 5.76 Å². The van der Waals surface area contributed by atoms with Gasteiger partial charge >= 0.3 is 0 Å². The maximum atomic E-state index is 13.0. The van der Waals surface area contributed by atoms with Gasteiger partial charge < -0.3 is 9.32 Å². The van der Waals surface area contributed by atoms with Gasteiger partial charge in [-0.2, -0.15) is 0 Å². The number of thiazole rings is 1. The van der Waals surface area contributed by atoms with E-state index in [0.29, 0.717) is 22.9 Å². The maximum Gasteiger partial charge on any atom is 0.289 e. The molecular weight excluding hydrogens is 380 g/mol. The maximum absolute atomic E-state index is 13.0. The minimum absolute atomic E-state index is 0.0619. The SMILES string of the molecule is O=C(c1cc2cc(Cl)ccc2o1)N1CCC[C@@H](c2nc3ccccc3s2)C1. The Hall–Kier alpha value is -2.37. The number of furan rings is 1. The van der Waals surface area contributed by atoms with Crippen LogP contribution in [0.3, 0.4) is 0 Å². The van der Waals surface area contributed by atoms with Gasteiger partial charge in [-0.15, -0.1) is 11.3 Å². The van der Waals surface area contributed by atoms with Crippen LogP contribution in [0.4, 0.5) is 0 Å². The van der Waals surface area contributed by atoms with Crippen molar-refractivity contribution in [3.63, 3.8) is 0 Å². The zero-order chi connectivity index (χ0) is 18.4. The minimum atomic E-state index is -0.0619. The van der Waals surface area contributed by atoms with Gasteiger partial charge in [-0.25, -0.2) is 4.98 Å². The highest BCUT2D eigenvalue weighted by molar-refractivity contribution is 7.18. The van der Waals surface area contributed by atoms with Crippen LogP contribution in [-0.4, -0.2) is 28.9 Å². The van der Waals surface area contributed by atoms with Crippen molar-refractivity contribution >= 4 is 50.0 Å². The quantitative estimate of drug-likeness (QED) is 0.435. The Morgan fingerprint density at radius 2 is 2.11 bits per heavy atom. The topological polar surface area (TPSA) is 46.3 Å². The summed E-state index contributed by atoms with van der Waals surface area (Å²) in [5.74, 6) is 0.587. The molecule has 1 amide bonds. The highest BCUT2D eigenvalue weighted by atomic mass is 35.5. The molecule has 0 bridgehead atoms. The zero-order valence-corrected chi connectivity index (χ0v) is 16.1. The molecule has 3 heterocycles. The van der Waals surface area contributed by atoms with Gasteiger partial charge in [0.05, 0.1) is 15.2 Å². The molecule has 0 saturated carbocycles. The summed E-state index contributed by atoms with van der Waals surface area (Å²) in [4.78, 5) is 19.7. The molecule has 0 radical (unpaired) electrons. The third-order valence-electron chi connectivity index (χ3n) is 5.06. The van der Waals surface area contributed by atoms with Crippen molar-refractivity contribution in [3.05, 3.63) is 64.3 Å². The fourth-order valence-electron chi connectivity index (χ4n) is 3.70. The number of rotatable bonds is 2. The summed E-state index contributed by atoms with van der Waals surface area (Å²) in [6, 6.07) is 15.4. The molecule has 0 unspecified atom stereocenters. The number of carbonyl (C=O) groups excluding carboxylic acids is 1. The minimum Gasteiger partial charge on any atom is -0.451 e. The number of nitrogens with zero attached hydrogens (tertiary/aromatic N) is 2. The molecule has 1 aliphatic heterocycles. The number of fused-ring (bicyclic) bond motifs is 2. The van der Waals surface area contributed by atoms with Crippen LogP contribution in [0.15, 0.2) is 52.9 Å². The van der Waals surface area contributed by atoms with E-state index in [4.69, 9.17) is 21.0 Å². The van der Waals surface area contributed by atoms with Crippen LogP contribution in [0.1, 0.15) is 34.3 Å². The number of para-hydroxylation sites is 1. The van der Waals surface area contributed by atoms with E-state index in [1.807, 2.05) is 29.2 Å². The summed E-state index contributed by atoms with van der Waals surface area (Å²) < 4.78 is 6.96. The smallest absolute Gasteiger partial charge is 0.289 e. The Balaban J connectivity index is 1.40. The largest absolute Gasteiger partial charge is 0.451 e. The predicted molar refractivity (Wildman–Crippen MR) is 109 cm³/mol. The summed E-state index contributed by atoms with van der Waals surface area (Å²) in [5, 5.41) is 2.60. The van der Waals surface area contributed by atoms with E-state index in [0.717, 1.165) is 35.3 Å². The molecule has 0 N–H and O–H groups in total. The number of hydrogen-bond donors (Lipinski definition) is 0. The monoisotopic (exact) mass is 396 g/mol. The lowest BCUT2D eigenvalue weighted by atomic mass is 9.98. The van der Waals surface area contributed by atoms with Crippen molar-refractivity contribution in [3.8, 4) is 0 Å². The zero-order valence-electron chi connectivity index (χ0n) is 14.5. The standard InChI is InChI=1S/C21H17ClN2O2S/c22-15-7-8-17-14(10-15)11-18(26-17)21(25)24-9-3-4-13(12-24)20-23-16-5-1-2-6-19(16)27-20/h1-2,5-8,10-11,13H,3-4,9,12H2/t13-/m1/s1. The van der Waals surface area contributed by atoms with Crippen LogP contribution >= 0.6 is 22.9 Å². The molecule has 6 heteroatoms. The molecule has 27 heavy (non-hydrogen) atoms. The lowest BCUT2D eigenvalue weighted by Crippen LogP contribution is -2.38. The van der Waals surface area contributed by atoms with E-state index < -0.39 is 0 Å². The van der Waals surface area contributed by atoms with Crippen molar-refractivity contribution in [2.75, 3.05) is 13.1 Å². The molecular formula is C21H17ClN2O2S. The Bertz CT molecular complexity index is 1120. The average Bonchev–Trinajstić information content (AvgIpc) is 3.31. The first kappa shape index (κ1) is 16.8. The molecule has 4 nitrogen and oxygen atoms in total. The number of halogens is 1. The van der Waals surface area contributed by atoms with E-state index in [2.05, 4.69) is 6.07 Å². The normalized spacial score (nSPS) is 17.7. The van der Waals surface area contributed by atoms with Crippen molar-refractivity contribution in [2.24, 2.45) is 0 Å². The fourth-order valence-corrected chi connectivity index (χ4v) is 4.98. The first-order chi connectivity index (χ1) is 13.2. The first-order valence-corrected chi connectivity index (χ1v) is 10.2. The Morgan fingerprint density at radius 1 is 1.22 bits per heavy atom. The van der Waals surface area contributed by atoms with E-state index in [9.17, 15) is 4.79 Å². The highest BCUT2D eigenvalue weighted by Crippen LogP contribution is 2.34. The summed E-state index contributed by atoms with van der Waals surface area (Å²) in [6.07, 6.45) is 2.03. The molecule has 136 valence electrons. The number of hydrogen-bond acceptors (Lipinski definition) is 4. The van der Waals surface area contributed by atoms with Crippen molar-refractivity contribution < 1.29 is 9.21 Å². The van der Waals surface area contributed by atoms with Crippen LogP contribution in [0, 0.1) is 0 Å². The van der Waals surface area contributed by atoms with Gasteiger partial charge in [0.1, 0.15) is 5.58 Å². The number of carbonyl (C=O) groups is 1. The number of aromatic nitrogens is 1. The molecule has 2 aromatic heterocycles. The Kier molecular flexibility index (Phi) is 4.14. The molecule has 0 spiro atoms. The molecule has 2 aromatic carbocycles. The van der Waals surface area contributed by atoms with Gasteiger partial charge in [-0.1, -0.05) is 23.7 Å². The van der Waals surface area contributed by atoms with Crippen LogP contribution in [0.2, 0.25) is 5.02 Å². The summed E-state index contributed by atoms with van der Waals surface area (Å²) in [7, 11) is 0. The van der Waals surface area contributed by atoms with E-state index >= 15 is 0 Å². The number of amides is 1. The van der Waals surface area contributed by atoms with Gasteiger partial charge in [0.2, 0.25) is 0 Å². The molecule has 0 aliphatic carbocycles. The summed E-state index contributed by atoms with van der Waals surface area (Å²) >= 11 is 7.77. The lowest BCUT2D eigenvalue weighted by molar-refractivity contribution is 0.0677. The number of benzene rings is 2. The molecule has 5 rings (SSSR count). The third kappa shape index (κ3) is 3.11. The molecule has 1 aliphatic rings. The van der Waals surface area contributed by atoms with Crippen LogP contribution < -0.4 is 0 Å². The van der Waals surface area contributed by atoms with Gasteiger partial charge in [0.25, 0.3) is 5.91 Å². The fraction of sp³-hybridized carbons (Fsp3) is 0.238. The Labute approximate surface area is 165 Å². The predicted octanol–water partition coefficient (Wildman–Crippen LogP) is 5.72. The highest BCUT2D eigenvalue weighted by Gasteiger charge is 2.29. The average molecular weight is 397 g/mol. The van der Waals surface area contributed by atoms with E-state index in [1.165, 1.54) is 4.70 Å². The lowest BCUT2D eigenvalue weighted by Gasteiger charge is -2.31. The van der Waals surface area contributed by atoms with E-state index in [-0.39, 0.29) is 11.8 Å². The summed E-state index contributed by atoms with van der Waals surface area (Å²) in [5.41, 5.74) is 1.72. The van der Waals surface area contributed by atoms with Crippen LogP contribution in [0.5, 0.6) is 0 Å².